The Kier molecular flexibility index (Phi) is 8.57. The van der Waals surface area contributed by atoms with Crippen LogP contribution in [0, 0.1) is 6.92 Å². The van der Waals surface area contributed by atoms with Gasteiger partial charge >= 0.3 is 12.1 Å². The molecule has 1 N–H and O–H groups in total. The minimum Gasteiger partial charge on any atom is -0.467 e. The van der Waals surface area contributed by atoms with Gasteiger partial charge < -0.3 is 14.8 Å². The van der Waals surface area contributed by atoms with Crippen molar-refractivity contribution in [2.45, 2.75) is 51.7 Å². The van der Waals surface area contributed by atoms with E-state index >= 15 is 0 Å². The first-order valence-corrected chi connectivity index (χ1v) is 17.0. The Labute approximate surface area is 212 Å². The van der Waals surface area contributed by atoms with Gasteiger partial charge in [0.05, 0.1) is 24.6 Å². The molecule has 1 aromatic heterocycles. The van der Waals surface area contributed by atoms with Gasteiger partial charge in [-0.2, -0.15) is 9.19 Å². The Bertz CT molecular complexity index is 1330. The maximum Gasteiger partial charge on any atom is 0.408 e. The molecule has 1 amide bonds. The second kappa shape index (κ2) is 11.3. The maximum atomic E-state index is 12.8. The minimum absolute atomic E-state index is 0.0437. The molecule has 0 fully saturated rings. The highest BCUT2D eigenvalue weighted by molar-refractivity contribution is 7.89. The molecular weight excluding hydrogens is 498 g/mol. The van der Waals surface area contributed by atoms with E-state index in [-0.39, 0.29) is 18.8 Å². The van der Waals surface area contributed by atoms with Crippen LogP contribution in [0.5, 0.6) is 0 Å². The average molecular weight is 532 g/mol. The van der Waals surface area contributed by atoms with E-state index in [0.29, 0.717) is 16.9 Å². The summed E-state index contributed by atoms with van der Waals surface area (Å²) < 4.78 is 36.8. The fourth-order valence-corrected chi connectivity index (χ4v) is 7.78. The van der Waals surface area contributed by atoms with Crippen LogP contribution < -0.4 is 5.32 Å². The van der Waals surface area contributed by atoms with E-state index in [1.54, 1.807) is 6.07 Å². The number of amides is 1. The standard InChI is InChI=1S/C25H33N3O6SSi/c1-18-13-20(14-21-16-28(27-23(18)21)35(31,32)11-12-36(3,4)5)15-22(24(29)33-2)26-25(30)34-17-19-9-7-6-8-10-19/h6-10,13-14,16,22H,11-12,15,17H2,1-5H3,(H,26,30)/t22-/m1/s1. The zero-order valence-corrected chi connectivity index (χ0v) is 23.1. The van der Waals surface area contributed by atoms with E-state index in [0.717, 1.165) is 20.8 Å². The van der Waals surface area contributed by atoms with Crippen LogP contribution in [0.25, 0.3) is 10.9 Å². The SMILES string of the molecule is COC(=O)[C@@H](Cc1cc(C)c2nn(S(=O)(=O)CC[Si](C)(C)C)cc2c1)NC(=O)OCc1ccccc1. The molecule has 0 saturated carbocycles. The Morgan fingerprint density at radius 2 is 1.81 bits per heavy atom. The lowest BCUT2D eigenvalue weighted by atomic mass is 10.0. The predicted molar refractivity (Wildman–Crippen MR) is 141 cm³/mol. The molecule has 0 radical (unpaired) electrons. The van der Waals surface area contributed by atoms with E-state index in [2.05, 4.69) is 30.1 Å². The van der Waals surface area contributed by atoms with Crippen molar-refractivity contribution in [3.05, 3.63) is 65.4 Å². The normalized spacial score (nSPS) is 12.8. The molecular formula is C25H33N3O6SSi. The van der Waals surface area contributed by atoms with Crippen molar-refractivity contribution < 1.29 is 27.5 Å². The summed E-state index contributed by atoms with van der Waals surface area (Å²) in [5.74, 6) is -0.573. The number of nitrogens with zero attached hydrogens (tertiary/aromatic N) is 2. The Morgan fingerprint density at radius 3 is 2.44 bits per heavy atom. The number of nitrogens with one attached hydrogen (secondary N) is 1. The van der Waals surface area contributed by atoms with E-state index in [1.165, 1.54) is 13.3 Å². The minimum atomic E-state index is -3.58. The van der Waals surface area contributed by atoms with Crippen LogP contribution in [-0.2, 0) is 37.3 Å². The number of fused-ring (bicyclic) bond motifs is 1. The number of aryl methyl sites for hydroxylation is 1. The van der Waals surface area contributed by atoms with Crippen molar-refractivity contribution in [3.63, 3.8) is 0 Å². The number of carbonyl (C=O) groups excluding carboxylic acids is 2. The lowest BCUT2D eigenvalue weighted by Gasteiger charge is -2.17. The third kappa shape index (κ3) is 7.41. The molecule has 3 aromatic rings. The van der Waals surface area contributed by atoms with Crippen LogP contribution in [0.3, 0.4) is 0 Å². The highest BCUT2D eigenvalue weighted by Crippen LogP contribution is 2.22. The van der Waals surface area contributed by atoms with Crippen molar-refractivity contribution in [2.75, 3.05) is 12.9 Å². The fourth-order valence-electron chi connectivity index (χ4n) is 3.63. The predicted octanol–water partition coefficient (Wildman–Crippen LogP) is 3.87. The van der Waals surface area contributed by atoms with E-state index in [1.807, 2.05) is 43.3 Å². The molecule has 1 heterocycles. The molecule has 36 heavy (non-hydrogen) atoms. The third-order valence-electron chi connectivity index (χ3n) is 5.66. The molecule has 9 nitrogen and oxygen atoms in total. The lowest BCUT2D eigenvalue weighted by Crippen LogP contribution is -2.43. The second-order valence-corrected chi connectivity index (χ2v) is 17.5. The zero-order valence-electron chi connectivity index (χ0n) is 21.3. The quantitative estimate of drug-likeness (QED) is 0.312. The number of hydrogen-bond donors (Lipinski definition) is 1. The summed E-state index contributed by atoms with van der Waals surface area (Å²) in [5.41, 5.74) is 2.87. The number of hydrogen-bond acceptors (Lipinski definition) is 7. The number of rotatable bonds is 10. The van der Waals surface area contributed by atoms with Crippen molar-refractivity contribution in [2.24, 2.45) is 0 Å². The van der Waals surface area contributed by atoms with Gasteiger partial charge in [0, 0.05) is 19.9 Å². The Hall–Kier alpha value is -3.18. The summed E-state index contributed by atoms with van der Waals surface area (Å²) in [6, 6.07) is 12.4. The molecule has 0 aliphatic heterocycles. The van der Waals surface area contributed by atoms with E-state index in [9.17, 15) is 18.0 Å². The molecule has 0 saturated heterocycles. The highest BCUT2D eigenvalue weighted by atomic mass is 32.2. The van der Waals surface area contributed by atoms with Crippen LogP contribution in [0.1, 0.15) is 16.7 Å². The van der Waals surface area contributed by atoms with E-state index in [4.69, 9.17) is 9.47 Å². The zero-order chi connectivity index (χ0) is 26.5. The number of esters is 1. The van der Waals surface area contributed by atoms with Crippen molar-refractivity contribution >= 4 is 41.1 Å². The van der Waals surface area contributed by atoms with E-state index < -0.39 is 36.2 Å². The first-order valence-electron chi connectivity index (χ1n) is 11.7. The van der Waals surface area contributed by atoms with Gasteiger partial charge in [-0.05, 0) is 35.7 Å². The highest BCUT2D eigenvalue weighted by Gasteiger charge is 2.25. The van der Waals surface area contributed by atoms with Crippen molar-refractivity contribution in [1.29, 1.82) is 0 Å². The largest absolute Gasteiger partial charge is 0.467 e. The van der Waals surface area contributed by atoms with Crippen LogP contribution in [0.15, 0.2) is 48.7 Å². The van der Waals surface area contributed by atoms with Crippen LogP contribution in [0.2, 0.25) is 25.7 Å². The van der Waals surface area contributed by atoms with Gasteiger partial charge in [0.15, 0.2) is 0 Å². The summed E-state index contributed by atoms with van der Waals surface area (Å²) in [5, 5.41) is 7.52. The first-order chi connectivity index (χ1) is 16.9. The fraction of sp³-hybridized carbons (Fsp3) is 0.400. The number of ether oxygens (including phenoxy) is 2. The van der Waals surface area contributed by atoms with Gasteiger partial charge in [-0.3, -0.25) is 0 Å². The van der Waals surface area contributed by atoms with Crippen LogP contribution >= 0.6 is 0 Å². The summed E-state index contributed by atoms with van der Waals surface area (Å²) in [6.07, 6.45) is 0.894. The molecule has 0 aliphatic rings. The molecule has 0 bridgehead atoms. The third-order valence-corrected chi connectivity index (χ3v) is 9.25. The number of methoxy groups -OCH3 is 1. The lowest BCUT2D eigenvalue weighted by molar-refractivity contribution is -0.143. The molecule has 0 aliphatic carbocycles. The molecule has 2 aromatic carbocycles. The summed E-state index contributed by atoms with van der Waals surface area (Å²) in [7, 11) is -3.87. The molecule has 11 heteroatoms. The van der Waals surface area contributed by atoms with Gasteiger partial charge in [0.2, 0.25) is 0 Å². The van der Waals surface area contributed by atoms with Gasteiger partial charge in [-0.25, -0.2) is 18.0 Å². The smallest absolute Gasteiger partial charge is 0.408 e. The van der Waals surface area contributed by atoms with Gasteiger partial charge in [0.1, 0.15) is 12.6 Å². The second-order valence-electron chi connectivity index (χ2n) is 9.96. The van der Waals surface area contributed by atoms with Gasteiger partial charge in [-0.15, -0.1) is 0 Å². The summed E-state index contributed by atoms with van der Waals surface area (Å²) >= 11 is 0. The molecule has 0 unspecified atom stereocenters. The monoisotopic (exact) mass is 531 g/mol. The Balaban J connectivity index is 1.76. The topological polar surface area (TPSA) is 117 Å². The average Bonchev–Trinajstić information content (AvgIpc) is 3.27. The first kappa shape index (κ1) is 27.4. The van der Waals surface area contributed by atoms with Gasteiger partial charge in [-0.1, -0.05) is 56.0 Å². The Morgan fingerprint density at radius 1 is 1.11 bits per heavy atom. The summed E-state index contributed by atoms with van der Waals surface area (Å²) in [6.45, 7) is 8.27. The molecule has 1 atom stereocenters. The molecule has 3 rings (SSSR count). The molecule has 0 spiro atoms. The van der Waals surface area contributed by atoms with Crippen LogP contribution in [-0.4, -0.2) is 56.6 Å². The number of benzene rings is 2. The number of aromatic nitrogens is 2. The van der Waals surface area contributed by atoms with Gasteiger partial charge in [0.25, 0.3) is 10.0 Å². The van der Waals surface area contributed by atoms with Crippen molar-refractivity contribution in [1.82, 2.24) is 14.5 Å². The number of alkyl carbamates (subject to hydrolysis) is 1. The van der Waals surface area contributed by atoms with Crippen LogP contribution in [0.4, 0.5) is 4.79 Å². The van der Waals surface area contributed by atoms with Crippen molar-refractivity contribution in [3.8, 4) is 0 Å². The number of carbonyl (C=O) groups is 2. The molecule has 194 valence electrons. The maximum absolute atomic E-state index is 12.8. The summed E-state index contributed by atoms with van der Waals surface area (Å²) in [4.78, 5) is 24.7.